The molecule has 0 saturated heterocycles. The van der Waals surface area contributed by atoms with Crippen molar-refractivity contribution in [2.45, 2.75) is 18.4 Å². The molecule has 3 rings (SSSR count). The molecule has 0 aliphatic carbocycles. The van der Waals surface area contributed by atoms with Crippen LogP contribution in [0.5, 0.6) is 0 Å². The van der Waals surface area contributed by atoms with E-state index in [0.717, 1.165) is 5.56 Å². The normalized spacial score (nSPS) is 11.3. The highest BCUT2D eigenvalue weighted by atomic mass is 32.2. The maximum absolute atomic E-state index is 12.7. The van der Waals surface area contributed by atoms with Crippen molar-refractivity contribution >= 4 is 40.9 Å². The van der Waals surface area contributed by atoms with Gasteiger partial charge in [0.15, 0.2) is 0 Å². The van der Waals surface area contributed by atoms with E-state index in [0.29, 0.717) is 17.6 Å². The largest absolute Gasteiger partial charge is 0.478 e. The molecule has 3 aromatic rings. The van der Waals surface area contributed by atoms with E-state index in [9.17, 15) is 14.7 Å². The van der Waals surface area contributed by atoms with Crippen LogP contribution in [0.25, 0.3) is 23.2 Å². The number of hydrogen-bond acceptors (Lipinski definition) is 4. The number of nitrogens with zero attached hydrogens (tertiary/aromatic N) is 2. The Kier molecular flexibility index (Phi) is 5.23. The van der Waals surface area contributed by atoms with Gasteiger partial charge in [0, 0.05) is 11.4 Å². The van der Waals surface area contributed by atoms with E-state index in [1.165, 1.54) is 17.0 Å². The zero-order valence-electron chi connectivity index (χ0n) is 14.5. The number of aryl methyl sites for hydroxylation is 1. The van der Waals surface area contributed by atoms with Crippen LogP contribution in [0.15, 0.2) is 52.2 Å². The summed E-state index contributed by atoms with van der Waals surface area (Å²) in [5.74, 6) is -1.02. The van der Waals surface area contributed by atoms with Crippen LogP contribution in [0, 0.1) is 0 Å². The third-order valence-electron chi connectivity index (χ3n) is 4.08. The van der Waals surface area contributed by atoms with Gasteiger partial charge in [-0.25, -0.2) is 9.78 Å². The molecule has 1 N–H and O–H groups in total. The van der Waals surface area contributed by atoms with Crippen molar-refractivity contribution in [3.8, 4) is 0 Å². The van der Waals surface area contributed by atoms with Gasteiger partial charge in [0.1, 0.15) is 5.69 Å². The second-order valence-corrected chi connectivity index (χ2v) is 6.54. The van der Waals surface area contributed by atoms with Crippen molar-refractivity contribution < 1.29 is 9.90 Å². The number of fused-ring (bicyclic) bond motifs is 1. The second kappa shape index (κ2) is 7.58. The van der Waals surface area contributed by atoms with Gasteiger partial charge in [0.05, 0.1) is 16.6 Å². The molecule has 6 heteroatoms. The van der Waals surface area contributed by atoms with E-state index in [-0.39, 0.29) is 16.8 Å². The van der Waals surface area contributed by atoms with Crippen LogP contribution in [0.2, 0.25) is 0 Å². The van der Waals surface area contributed by atoms with Crippen molar-refractivity contribution in [2.75, 3.05) is 6.26 Å². The molecule has 0 aliphatic rings. The average Bonchev–Trinajstić information content (AvgIpc) is 2.66. The molecule has 0 fully saturated rings. The zero-order valence-corrected chi connectivity index (χ0v) is 15.3. The van der Waals surface area contributed by atoms with E-state index in [4.69, 9.17) is 0 Å². The summed E-state index contributed by atoms with van der Waals surface area (Å²) in [7, 11) is 0. The van der Waals surface area contributed by atoms with Crippen molar-refractivity contribution in [1.29, 1.82) is 0 Å². The quantitative estimate of drug-likeness (QED) is 0.691. The van der Waals surface area contributed by atoms with Crippen molar-refractivity contribution in [3.63, 3.8) is 0 Å². The van der Waals surface area contributed by atoms with Gasteiger partial charge in [-0.1, -0.05) is 18.2 Å². The lowest BCUT2D eigenvalue weighted by Gasteiger charge is -2.09. The van der Waals surface area contributed by atoms with Gasteiger partial charge in [-0.05, 0) is 55.2 Å². The summed E-state index contributed by atoms with van der Waals surface area (Å²) in [5, 5.41) is 9.18. The molecule has 26 heavy (non-hydrogen) atoms. The molecule has 0 unspecified atom stereocenters. The van der Waals surface area contributed by atoms with Crippen molar-refractivity contribution in [2.24, 2.45) is 0 Å². The van der Waals surface area contributed by atoms with Gasteiger partial charge in [-0.15, -0.1) is 11.8 Å². The standard InChI is InChI=1S/C20H18N2O3S/c1-3-22-18-11-7-14(20(24)25)12-17(18)21-16(19(22)23)10-6-13-4-8-15(26-2)9-5-13/h4-12H,3H2,1-2H3,(H,24,25)/b10-6+. The summed E-state index contributed by atoms with van der Waals surface area (Å²) in [6.45, 7) is 2.36. The summed E-state index contributed by atoms with van der Waals surface area (Å²) in [5.41, 5.74) is 2.32. The molecule has 0 radical (unpaired) electrons. The Hall–Kier alpha value is -2.86. The van der Waals surface area contributed by atoms with Gasteiger partial charge in [0.2, 0.25) is 0 Å². The number of carboxylic acids is 1. The first-order valence-electron chi connectivity index (χ1n) is 8.13. The fourth-order valence-electron chi connectivity index (χ4n) is 2.71. The first kappa shape index (κ1) is 17.9. The van der Waals surface area contributed by atoms with Crippen molar-refractivity contribution in [1.82, 2.24) is 9.55 Å². The van der Waals surface area contributed by atoms with Gasteiger partial charge < -0.3 is 9.67 Å². The lowest BCUT2D eigenvalue weighted by molar-refractivity contribution is 0.0697. The number of hydrogen-bond donors (Lipinski definition) is 1. The number of aromatic nitrogens is 2. The van der Waals surface area contributed by atoms with Gasteiger partial charge in [0.25, 0.3) is 5.56 Å². The number of carbonyl (C=O) groups is 1. The van der Waals surface area contributed by atoms with Crippen LogP contribution >= 0.6 is 11.8 Å². The summed E-state index contributed by atoms with van der Waals surface area (Å²) in [4.78, 5) is 29.4. The molecular formula is C20H18N2O3S. The molecule has 1 aromatic heterocycles. The number of aromatic carboxylic acids is 1. The van der Waals surface area contributed by atoms with E-state index in [1.807, 2.05) is 43.5 Å². The van der Waals surface area contributed by atoms with Gasteiger partial charge in [-0.2, -0.15) is 0 Å². The molecule has 0 bridgehead atoms. The van der Waals surface area contributed by atoms with Crippen LogP contribution < -0.4 is 5.56 Å². The Morgan fingerprint density at radius 1 is 1.19 bits per heavy atom. The molecule has 5 nitrogen and oxygen atoms in total. The van der Waals surface area contributed by atoms with Crippen LogP contribution in [-0.4, -0.2) is 26.9 Å². The first-order chi connectivity index (χ1) is 12.5. The Morgan fingerprint density at radius 3 is 2.54 bits per heavy atom. The highest BCUT2D eigenvalue weighted by molar-refractivity contribution is 7.98. The summed E-state index contributed by atoms with van der Waals surface area (Å²) < 4.78 is 1.60. The smallest absolute Gasteiger partial charge is 0.335 e. The van der Waals surface area contributed by atoms with E-state index >= 15 is 0 Å². The van der Waals surface area contributed by atoms with Crippen LogP contribution in [0.3, 0.4) is 0 Å². The van der Waals surface area contributed by atoms with Crippen LogP contribution in [0.4, 0.5) is 0 Å². The minimum Gasteiger partial charge on any atom is -0.478 e. The summed E-state index contributed by atoms with van der Waals surface area (Å²) >= 11 is 1.67. The highest BCUT2D eigenvalue weighted by Gasteiger charge is 2.11. The lowest BCUT2D eigenvalue weighted by Crippen LogP contribution is -2.23. The Bertz CT molecular complexity index is 1050. The molecule has 0 amide bonds. The summed E-state index contributed by atoms with van der Waals surface area (Å²) in [6, 6.07) is 12.6. The van der Waals surface area contributed by atoms with E-state index in [1.54, 1.807) is 28.5 Å². The Balaban J connectivity index is 2.08. The third kappa shape index (κ3) is 3.55. The Labute approximate surface area is 155 Å². The van der Waals surface area contributed by atoms with E-state index < -0.39 is 5.97 Å². The number of benzene rings is 2. The topological polar surface area (TPSA) is 72.2 Å². The Morgan fingerprint density at radius 2 is 1.92 bits per heavy atom. The third-order valence-corrected chi connectivity index (χ3v) is 4.83. The summed E-state index contributed by atoms with van der Waals surface area (Å²) in [6.07, 6.45) is 5.53. The van der Waals surface area contributed by atoms with Crippen LogP contribution in [0.1, 0.15) is 28.5 Å². The average molecular weight is 366 g/mol. The molecule has 0 saturated carbocycles. The SMILES string of the molecule is CCn1c(=O)c(/C=C/c2ccc(SC)cc2)nc2cc(C(=O)O)ccc21. The van der Waals surface area contributed by atoms with E-state index in [2.05, 4.69) is 4.98 Å². The minimum atomic E-state index is -1.02. The number of rotatable bonds is 5. The fraction of sp³-hybridized carbons (Fsp3) is 0.150. The van der Waals surface area contributed by atoms with Crippen molar-refractivity contribution in [3.05, 3.63) is 69.6 Å². The molecule has 2 aromatic carbocycles. The second-order valence-electron chi connectivity index (χ2n) is 5.66. The number of carboxylic acid groups (broad SMARTS) is 1. The molecule has 132 valence electrons. The maximum atomic E-state index is 12.7. The molecular weight excluding hydrogens is 348 g/mol. The predicted octanol–water partition coefficient (Wildman–Crippen LogP) is 4.01. The predicted molar refractivity (Wildman–Crippen MR) is 106 cm³/mol. The lowest BCUT2D eigenvalue weighted by atomic mass is 10.1. The molecule has 0 spiro atoms. The highest BCUT2D eigenvalue weighted by Crippen LogP contribution is 2.17. The minimum absolute atomic E-state index is 0.147. The van der Waals surface area contributed by atoms with Crippen LogP contribution in [-0.2, 0) is 6.54 Å². The molecule has 0 aliphatic heterocycles. The molecule has 1 heterocycles. The number of thioether (sulfide) groups is 1. The van der Waals surface area contributed by atoms with Gasteiger partial charge in [-0.3, -0.25) is 4.79 Å². The van der Waals surface area contributed by atoms with Gasteiger partial charge >= 0.3 is 5.97 Å². The maximum Gasteiger partial charge on any atom is 0.335 e. The fourth-order valence-corrected chi connectivity index (χ4v) is 3.12. The molecule has 0 atom stereocenters. The first-order valence-corrected chi connectivity index (χ1v) is 9.36. The zero-order chi connectivity index (χ0) is 18.7. The monoisotopic (exact) mass is 366 g/mol.